The van der Waals surface area contributed by atoms with Crippen LogP contribution in [0.2, 0.25) is 0 Å². The minimum Gasteiger partial charge on any atom is -0.488 e. The number of carbonyl (C=O) groups is 2. The number of rotatable bonds is 8. The van der Waals surface area contributed by atoms with E-state index < -0.39 is 18.4 Å². The first kappa shape index (κ1) is 29.7. The van der Waals surface area contributed by atoms with Gasteiger partial charge in [0.25, 0.3) is 11.8 Å². The topological polar surface area (TPSA) is 126 Å². The van der Waals surface area contributed by atoms with Crippen LogP contribution in [0.15, 0.2) is 18.3 Å². The zero-order valence-electron chi connectivity index (χ0n) is 24.2. The highest BCUT2D eigenvalue weighted by Gasteiger charge is 2.48. The first-order valence-corrected chi connectivity index (χ1v) is 14.3. The highest BCUT2D eigenvalue weighted by Crippen LogP contribution is 2.41. The Balaban J connectivity index is 1.58. The van der Waals surface area contributed by atoms with Crippen molar-refractivity contribution in [3.8, 4) is 5.75 Å². The number of piperazine rings is 1. The predicted molar refractivity (Wildman–Crippen MR) is 155 cm³/mol. The number of alkyl halides is 2. The summed E-state index contributed by atoms with van der Waals surface area (Å²) < 4.78 is 35.9. The van der Waals surface area contributed by atoms with Crippen LogP contribution in [0.1, 0.15) is 36.0 Å². The quantitative estimate of drug-likeness (QED) is 0.422. The van der Waals surface area contributed by atoms with Gasteiger partial charge in [0.1, 0.15) is 12.3 Å². The summed E-state index contributed by atoms with van der Waals surface area (Å²) in [7, 11) is 4.88. The van der Waals surface area contributed by atoms with Crippen LogP contribution in [0.5, 0.6) is 5.75 Å². The second-order valence-corrected chi connectivity index (χ2v) is 11.0. The van der Waals surface area contributed by atoms with Crippen molar-refractivity contribution >= 4 is 40.6 Å². The number of nitrogens with one attached hydrogen (secondary N) is 2. The molecule has 1 aromatic heterocycles. The van der Waals surface area contributed by atoms with Gasteiger partial charge in [0.05, 0.1) is 30.6 Å². The Bertz CT molecular complexity index is 1320. The number of aliphatic hydroxyl groups is 1. The van der Waals surface area contributed by atoms with E-state index in [0.29, 0.717) is 5.69 Å². The SMILES string of the molecule is CNC(=O)c1cc(N2CCN(C)CC2)cc(Nc2ncc3c(n2)N(C2CCCC2)CC(F)(F)C(=O)N3C)c1OCCO. The number of anilines is 5. The van der Waals surface area contributed by atoms with Crippen LogP contribution >= 0.6 is 0 Å². The molecule has 3 N–H and O–H groups in total. The Labute approximate surface area is 243 Å². The highest BCUT2D eigenvalue weighted by atomic mass is 19.3. The van der Waals surface area contributed by atoms with Crippen molar-refractivity contribution < 1.29 is 28.2 Å². The van der Waals surface area contributed by atoms with Crippen molar-refractivity contribution in [2.45, 2.75) is 37.6 Å². The number of halogens is 2. The normalized spacial score (nSPS) is 19.5. The number of fused-ring (bicyclic) bond motifs is 1. The molecule has 0 radical (unpaired) electrons. The van der Waals surface area contributed by atoms with Crippen LogP contribution in [-0.4, -0.2) is 111 Å². The summed E-state index contributed by atoms with van der Waals surface area (Å²) in [6.45, 7) is 2.10. The van der Waals surface area contributed by atoms with Crippen LogP contribution in [0.25, 0.3) is 0 Å². The lowest BCUT2D eigenvalue weighted by atomic mass is 10.1. The van der Waals surface area contributed by atoms with Crippen LogP contribution in [-0.2, 0) is 4.79 Å². The van der Waals surface area contributed by atoms with Crippen molar-refractivity contribution in [1.29, 1.82) is 0 Å². The van der Waals surface area contributed by atoms with Crippen LogP contribution in [0.3, 0.4) is 0 Å². The molecule has 228 valence electrons. The maximum absolute atomic E-state index is 15.0. The molecule has 2 aromatic rings. The zero-order valence-corrected chi connectivity index (χ0v) is 24.2. The van der Waals surface area contributed by atoms with Crippen molar-refractivity contribution in [3.05, 3.63) is 23.9 Å². The van der Waals surface area contributed by atoms with Gasteiger partial charge >= 0.3 is 5.92 Å². The average molecular weight is 589 g/mol. The van der Waals surface area contributed by atoms with E-state index >= 15 is 8.78 Å². The van der Waals surface area contributed by atoms with Crippen LogP contribution < -0.4 is 30.1 Å². The molecule has 3 aliphatic rings. The van der Waals surface area contributed by atoms with Gasteiger partial charge in [0.2, 0.25) is 5.95 Å². The molecule has 1 aromatic carbocycles. The van der Waals surface area contributed by atoms with Crippen molar-refractivity contribution in [2.24, 2.45) is 0 Å². The van der Waals surface area contributed by atoms with Gasteiger partial charge in [0.15, 0.2) is 11.6 Å². The third kappa shape index (κ3) is 5.91. The summed E-state index contributed by atoms with van der Waals surface area (Å²) in [5, 5.41) is 15.3. The third-order valence-electron chi connectivity index (χ3n) is 8.13. The second-order valence-electron chi connectivity index (χ2n) is 11.0. The predicted octanol–water partition coefficient (Wildman–Crippen LogP) is 2.06. The molecule has 2 amide bonds. The Morgan fingerprint density at radius 1 is 1.17 bits per heavy atom. The van der Waals surface area contributed by atoms with Gasteiger partial charge in [-0.3, -0.25) is 9.59 Å². The highest BCUT2D eigenvalue weighted by molar-refractivity contribution is 6.02. The number of amides is 2. The number of hydrogen-bond donors (Lipinski definition) is 3. The van der Waals surface area contributed by atoms with E-state index in [1.807, 2.05) is 6.07 Å². The van der Waals surface area contributed by atoms with Gasteiger partial charge < -0.3 is 40.1 Å². The van der Waals surface area contributed by atoms with E-state index in [1.54, 1.807) is 6.07 Å². The summed E-state index contributed by atoms with van der Waals surface area (Å²) in [5.74, 6) is -4.73. The molecule has 14 heteroatoms. The molecule has 0 spiro atoms. The van der Waals surface area contributed by atoms with Crippen molar-refractivity contribution in [1.82, 2.24) is 20.2 Å². The van der Waals surface area contributed by atoms with Gasteiger partial charge in [-0.1, -0.05) is 12.8 Å². The lowest BCUT2D eigenvalue weighted by molar-refractivity contribution is -0.140. The van der Waals surface area contributed by atoms with Gasteiger partial charge in [-0.25, -0.2) is 4.98 Å². The maximum atomic E-state index is 15.0. The molecule has 1 saturated heterocycles. The first-order chi connectivity index (χ1) is 20.1. The fraction of sp³-hybridized carbons (Fsp3) is 0.571. The summed E-state index contributed by atoms with van der Waals surface area (Å²) >= 11 is 0. The zero-order chi connectivity index (χ0) is 30.0. The number of benzene rings is 1. The van der Waals surface area contributed by atoms with E-state index in [1.165, 1.54) is 25.2 Å². The molecule has 42 heavy (non-hydrogen) atoms. The van der Waals surface area contributed by atoms with Crippen LogP contribution in [0.4, 0.5) is 37.6 Å². The van der Waals surface area contributed by atoms with Crippen molar-refractivity contribution in [3.63, 3.8) is 0 Å². The molecule has 0 atom stereocenters. The van der Waals surface area contributed by atoms with Crippen LogP contribution in [0, 0.1) is 0 Å². The van der Waals surface area contributed by atoms with E-state index in [0.717, 1.165) is 62.4 Å². The maximum Gasteiger partial charge on any atom is 0.342 e. The average Bonchev–Trinajstić information content (AvgIpc) is 3.51. The molecule has 2 aliphatic heterocycles. The van der Waals surface area contributed by atoms with Gasteiger partial charge in [-0.2, -0.15) is 13.8 Å². The first-order valence-electron chi connectivity index (χ1n) is 14.3. The largest absolute Gasteiger partial charge is 0.488 e. The standard InChI is InChI=1S/C28H38F2N8O4/c1-31-25(40)20-14-19(37-10-8-35(2)9-11-37)15-21(23(20)42-13-12-39)33-27-32-16-22-24(34-27)38(18-6-4-5-7-18)17-28(29,30)26(41)36(22)3/h14-16,18,39H,4-13,17H2,1-3H3,(H,31,40)(H,32,33,34). The third-order valence-corrected chi connectivity index (χ3v) is 8.13. The molecule has 1 saturated carbocycles. The van der Waals surface area contributed by atoms with Gasteiger partial charge in [0, 0.05) is 52.0 Å². The summed E-state index contributed by atoms with van der Waals surface area (Å²) in [6, 6.07) is 3.41. The molecule has 0 unspecified atom stereocenters. The Hall–Kier alpha value is -3.78. The minimum absolute atomic E-state index is 0.0605. The summed E-state index contributed by atoms with van der Waals surface area (Å²) in [4.78, 5) is 41.5. The Kier molecular flexibility index (Phi) is 8.64. The molecule has 0 bridgehead atoms. The van der Waals surface area contributed by atoms with E-state index in [2.05, 4.69) is 37.4 Å². The molecule has 12 nitrogen and oxygen atoms in total. The lowest BCUT2D eigenvalue weighted by Crippen LogP contribution is -2.48. The number of carbonyl (C=O) groups excluding carboxylic acids is 2. The van der Waals surface area contributed by atoms with Gasteiger partial charge in [-0.15, -0.1) is 0 Å². The molecular weight excluding hydrogens is 550 g/mol. The fourth-order valence-corrected chi connectivity index (χ4v) is 5.78. The number of aliphatic hydroxyl groups excluding tert-OH is 1. The molecular formula is C28H38F2N8O4. The second kappa shape index (κ2) is 12.2. The summed E-state index contributed by atoms with van der Waals surface area (Å²) in [6.07, 6.45) is 4.64. The number of hydrogen-bond acceptors (Lipinski definition) is 10. The summed E-state index contributed by atoms with van der Waals surface area (Å²) in [5.41, 5.74) is 1.63. The number of aromatic nitrogens is 2. The molecule has 2 fully saturated rings. The Morgan fingerprint density at radius 3 is 2.55 bits per heavy atom. The van der Waals surface area contributed by atoms with Gasteiger partial charge in [-0.05, 0) is 32.0 Å². The molecule has 3 heterocycles. The van der Waals surface area contributed by atoms with E-state index in [4.69, 9.17) is 4.74 Å². The van der Waals surface area contributed by atoms with E-state index in [9.17, 15) is 14.7 Å². The minimum atomic E-state index is -3.59. The number of ether oxygens (including phenoxy) is 1. The van der Waals surface area contributed by atoms with Crippen molar-refractivity contribution in [2.75, 3.05) is 87.1 Å². The van der Waals surface area contributed by atoms with E-state index in [-0.39, 0.29) is 53.9 Å². The smallest absolute Gasteiger partial charge is 0.342 e. The molecule has 5 rings (SSSR count). The number of likely N-dealkylation sites (N-methyl/N-ethyl adjacent to an activating group) is 1. The lowest BCUT2D eigenvalue weighted by Gasteiger charge is -2.34. The number of nitrogens with zero attached hydrogens (tertiary/aromatic N) is 6. The fourth-order valence-electron chi connectivity index (χ4n) is 5.78. The Morgan fingerprint density at radius 2 is 1.88 bits per heavy atom. The monoisotopic (exact) mass is 588 g/mol. The molecule has 1 aliphatic carbocycles.